The Morgan fingerprint density at radius 2 is 2.10 bits per heavy atom. The number of rotatable bonds is 4. The minimum Gasteiger partial charge on any atom is -0.496 e. The molecule has 0 atom stereocenters. The lowest BCUT2D eigenvalue weighted by molar-refractivity contribution is 0.112. The van der Waals surface area contributed by atoms with E-state index in [1.54, 1.807) is 18.4 Å². The van der Waals surface area contributed by atoms with E-state index in [9.17, 15) is 4.79 Å². The number of nitrogens with zero attached hydrogens (tertiary/aromatic N) is 1. The average molecular weight is 283 g/mol. The van der Waals surface area contributed by atoms with Gasteiger partial charge in [0.1, 0.15) is 5.75 Å². The molecule has 3 nitrogen and oxygen atoms in total. The molecule has 1 heterocycles. The Labute approximate surface area is 120 Å². The minimum atomic E-state index is 0.575. The van der Waals surface area contributed by atoms with Crippen molar-refractivity contribution in [2.75, 3.05) is 7.11 Å². The predicted molar refractivity (Wildman–Crippen MR) is 80.8 cm³/mol. The molecular weight excluding hydrogens is 270 g/mol. The highest BCUT2D eigenvalue weighted by atomic mass is 32.1. The molecule has 0 saturated heterocycles. The Morgan fingerprint density at radius 3 is 2.85 bits per heavy atom. The lowest BCUT2D eigenvalue weighted by atomic mass is 10.1. The molecule has 0 saturated carbocycles. The van der Waals surface area contributed by atoms with Gasteiger partial charge in [-0.1, -0.05) is 18.2 Å². The number of para-hydroxylation sites is 1. The van der Waals surface area contributed by atoms with Crippen molar-refractivity contribution < 1.29 is 9.53 Å². The van der Waals surface area contributed by atoms with E-state index < -0.39 is 0 Å². The van der Waals surface area contributed by atoms with E-state index in [0.717, 1.165) is 28.8 Å². The summed E-state index contributed by atoms with van der Waals surface area (Å²) in [6, 6.07) is 13.7. The van der Waals surface area contributed by atoms with Gasteiger partial charge in [0.15, 0.2) is 6.29 Å². The molecule has 0 aliphatic carbocycles. The van der Waals surface area contributed by atoms with Crippen LogP contribution in [0.15, 0.2) is 42.5 Å². The summed E-state index contributed by atoms with van der Waals surface area (Å²) in [6.07, 6.45) is 1.55. The van der Waals surface area contributed by atoms with Crippen LogP contribution in [0.4, 0.5) is 0 Å². The third-order valence-corrected chi connectivity index (χ3v) is 4.15. The summed E-state index contributed by atoms with van der Waals surface area (Å²) in [5.41, 5.74) is 2.66. The van der Waals surface area contributed by atoms with Gasteiger partial charge in [-0.3, -0.25) is 4.79 Å². The van der Waals surface area contributed by atoms with E-state index in [4.69, 9.17) is 4.74 Å². The van der Waals surface area contributed by atoms with Crippen LogP contribution in [0, 0.1) is 0 Å². The highest BCUT2D eigenvalue weighted by Gasteiger charge is 2.07. The Kier molecular flexibility index (Phi) is 3.48. The van der Waals surface area contributed by atoms with Crippen LogP contribution < -0.4 is 4.74 Å². The SMILES string of the molecule is COc1ccc(Cc2nc3ccccc3s2)cc1C=O. The largest absolute Gasteiger partial charge is 0.496 e. The molecular formula is C16H13NO2S. The van der Waals surface area contributed by atoms with Gasteiger partial charge < -0.3 is 4.74 Å². The van der Waals surface area contributed by atoms with Crippen molar-refractivity contribution in [3.63, 3.8) is 0 Å². The Bertz CT molecular complexity index is 731. The molecule has 0 aliphatic heterocycles. The van der Waals surface area contributed by atoms with Crippen LogP contribution in [0.3, 0.4) is 0 Å². The number of methoxy groups -OCH3 is 1. The van der Waals surface area contributed by atoms with Crippen LogP contribution >= 0.6 is 11.3 Å². The number of carbonyl (C=O) groups excluding carboxylic acids is 1. The van der Waals surface area contributed by atoms with Gasteiger partial charge in [-0.25, -0.2) is 4.98 Å². The number of aromatic nitrogens is 1. The van der Waals surface area contributed by atoms with E-state index in [1.807, 2.05) is 36.4 Å². The van der Waals surface area contributed by atoms with Crippen LogP contribution in [-0.2, 0) is 6.42 Å². The molecule has 4 heteroatoms. The van der Waals surface area contributed by atoms with E-state index in [-0.39, 0.29) is 0 Å². The number of aldehydes is 1. The zero-order valence-electron chi connectivity index (χ0n) is 11.0. The van der Waals surface area contributed by atoms with Gasteiger partial charge in [0.2, 0.25) is 0 Å². The second kappa shape index (κ2) is 5.43. The quantitative estimate of drug-likeness (QED) is 0.685. The van der Waals surface area contributed by atoms with Crippen molar-refractivity contribution in [1.82, 2.24) is 4.98 Å². The van der Waals surface area contributed by atoms with Gasteiger partial charge in [-0.15, -0.1) is 11.3 Å². The first-order valence-corrected chi connectivity index (χ1v) is 7.08. The van der Waals surface area contributed by atoms with E-state index in [2.05, 4.69) is 11.1 Å². The molecule has 100 valence electrons. The minimum absolute atomic E-state index is 0.575. The first-order chi connectivity index (χ1) is 9.80. The van der Waals surface area contributed by atoms with Crippen molar-refractivity contribution in [2.45, 2.75) is 6.42 Å². The number of ether oxygens (including phenoxy) is 1. The second-order valence-electron chi connectivity index (χ2n) is 4.45. The smallest absolute Gasteiger partial charge is 0.153 e. The Morgan fingerprint density at radius 1 is 1.25 bits per heavy atom. The van der Waals surface area contributed by atoms with Crippen molar-refractivity contribution in [2.24, 2.45) is 0 Å². The normalized spacial score (nSPS) is 10.7. The molecule has 0 spiro atoms. The van der Waals surface area contributed by atoms with Crippen molar-refractivity contribution in [3.8, 4) is 5.75 Å². The maximum absolute atomic E-state index is 11.0. The maximum atomic E-state index is 11.0. The molecule has 0 unspecified atom stereocenters. The van der Waals surface area contributed by atoms with Gasteiger partial charge >= 0.3 is 0 Å². The number of fused-ring (bicyclic) bond motifs is 1. The highest BCUT2D eigenvalue weighted by Crippen LogP contribution is 2.25. The molecule has 0 bridgehead atoms. The first kappa shape index (κ1) is 12.8. The van der Waals surface area contributed by atoms with Gasteiger partial charge in [0.05, 0.1) is 27.9 Å². The second-order valence-corrected chi connectivity index (χ2v) is 5.56. The van der Waals surface area contributed by atoms with Crippen LogP contribution in [0.1, 0.15) is 20.9 Å². The zero-order chi connectivity index (χ0) is 13.9. The summed E-state index contributed by atoms with van der Waals surface area (Å²) < 4.78 is 6.33. The summed E-state index contributed by atoms with van der Waals surface area (Å²) in [5.74, 6) is 0.605. The molecule has 3 aromatic rings. The number of benzene rings is 2. The van der Waals surface area contributed by atoms with E-state index >= 15 is 0 Å². The number of hydrogen-bond acceptors (Lipinski definition) is 4. The summed E-state index contributed by atoms with van der Waals surface area (Å²) in [7, 11) is 1.57. The van der Waals surface area contributed by atoms with Crippen LogP contribution in [0.5, 0.6) is 5.75 Å². The van der Waals surface area contributed by atoms with E-state index in [0.29, 0.717) is 11.3 Å². The number of carbonyl (C=O) groups is 1. The summed E-state index contributed by atoms with van der Waals surface area (Å²) in [6.45, 7) is 0. The maximum Gasteiger partial charge on any atom is 0.153 e. The number of hydrogen-bond donors (Lipinski definition) is 0. The van der Waals surface area contributed by atoms with E-state index in [1.165, 1.54) is 4.70 Å². The summed E-state index contributed by atoms with van der Waals surface area (Å²) >= 11 is 1.68. The Hall–Kier alpha value is -2.20. The van der Waals surface area contributed by atoms with Gasteiger partial charge in [0, 0.05) is 6.42 Å². The standard InChI is InChI=1S/C16H13NO2S/c1-19-14-7-6-11(8-12(14)10-18)9-16-17-13-4-2-3-5-15(13)20-16/h2-8,10H,9H2,1H3. The summed E-state index contributed by atoms with van der Waals surface area (Å²) in [4.78, 5) is 15.6. The Balaban J connectivity index is 1.92. The third kappa shape index (κ3) is 2.42. The topological polar surface area (TPSA) is 39.2 Å². The molecule has 0 aliphatic rings. The number of thiazole rings is 1. The monoisotopic (exact) mass is 283 g/mol. The fraction of sp³-hybridized carbons (Fsp3) is 0.125. The predicted octanol–water partition coefficient (Wildman–Crippen LogP) is 3.71. The third-order valence-electron chi connectivity index (χ3n) is 3.11. The molecule has 0 fully saturated rings. The van der Waals surface area contributed by atoms with Crippen molar-refractivity contribution in [3.05, 3.63) is 58.6 Å². The fourth-order valence-corrected chi connectivity index (χ4v) is 3.16. The molecule has 0 amide bonds. The van der Waals surface area contributed by atoms with Crippen LogP contribution in [0.25, 0.3) is 10.2 Å². The van der Waals surface area contributed by atoms with Crippen molar-refractivity contribution in [1.29, 1.82) is 0 Å². The highest BCUT2D eigenvalue weighted by molar-refractivity contribution is 7.18. The van der Waals surface area contributed by atoms with Gasteiger partial charge in [-0.05, 0) is 29.8 Å². The van der Waals surface area contributed by atoms with Gasteiger partial charge in [0.25, 0.3) is 0 Å². The lowest BCUT2D eigenvalue weighted by Gasteiger charge is -2.05. The molecule has 20 heavy (non-hydrogen) atoms. The summed E-state index contributed by atoms with van der Waals surface area (Å²) in [5, 5.41) is 1.05. The van der Waals surface area contributed by atoms with Crippen LogP contribution in [-0.4, -0.2) is 18.4 Å². The zero-order valence-corrected chi connectivity index (χ0v) is 11.8. The molecule has 3 rings (SSSR count). The van der Waals surface area contributed by atoms with Gasteiger partial charge in [-0.2, -0.15) is 0 Å². The molecule has 2 aromatic carbocycles. The molecule has 0 N–H and O–H groups in total. The average Bonchev–Trinajstić information content (AvgIpc) is 2.89. The van der Waals surface area contributed by atoms with Crippen LogP contribution in [0.2, 0.25) is 0 Å². The first-order valence-electron chi connectivity index (χ1n) is 6.26. The molecule has 0 radical (unpaired) electrons. The fourth-order valence-electron chi connectivity index (χ4n) is 2.16. The molecule has 1 aromatic heterocycles. The lowest BCUT2D eigenvalue weighted by Crippen LogP contribution is -1.94. The van der Waals surface area contributed by atoms with Crippen molar-refractivity contribution >= 4 is 27.8 Å².